The van der Waals surface area contributed by atoms with Crippen LogP contribution < -0.4 is 10.6 Å². The van der Waals surface area contributed by atoms with Gasteiger partial charge in [0.25, 0.3) is 0 Å². The van der Waals surface area contributed by atoms with Crippen LogP contribution in [0, 0.1) is 0 Å². The second-order valence-corrected chi connectivity index (χ2v) is 5.49. The number of thioether (sulfide) groups is 1. The van der Waals surface area contributed by atoms with Gasteiger partial charge in [0.1, 0.15) is 0 Å². The molecule has 6 heteroatoms. The van der Waals surface area contributed by atoms with Gasteiger partial charge in [0.05, 0.1) is 0 Å². The van der Waals surface area contributed by atoms with Crippen LogP contribution in [0.4, 0.5) is 0 Å². The molecular formula is C14H33IN4S. The summed E-state index contributed by atoms with van der Waals surface area (Å²) in [7, 11) is 1.83. The van der Waals surface area contributed by atoms with Gasteiger partial charge in [-0.15, -0.1) is 24.0 Å². The predicted molar refractivity (Wildman–Crippen MR) is 105 cm³/mol. The van der Waals surface area contributed by atoms with E-state index < -0.39 is 0 Å². The summed E-state index contributed by atoms with van der Waals surface area (Å²) in [4.78, 5) is 6.68. The monoisotopic (exact) mass is 416 g/mol. The minimum absolute atomic E-state index is 0. The van der Waals surface area contributed by atoms with Crippen LogP contribution in [0.3, 0.4) is 0 Å². The zero-order valence-corrected chi connectivity index (χ0v) is 16.7. The fourth-order valence-corrected chi connectivity index (χ4v) is 2.34. The lowest BCUT2D eigenvalue weighted by atomic mass is 10.3. The van der Waals surface area contributed by atoms with Crippen molar-refractivity contribution in [2.45, 2.75) is 33.1 Å². The van der Waals surface area contributed by atoms with Gasteiger partial charge in [-0.05, 0) is 50.9 Å². The van der Waals surface area contributed by atoms with Gasteiger partial charge in [-0.2, -0.15) is 11.8 Å². The van der Waals surface area contributed by atoms with E-state index in [1.807, 2.05) is 18.8 Å². The Morgan fingerprint density at radius 2 is 1.65 bits per heavy atom. The molecule has 0 saturated carbocycles. The van der Waals surface area contributed by atoms with Crippen LogP contribution in [0.2, 0.25) is 0 Å². The lowest BCUT2D eigenvalue weighted by Crippen LogP contribution is -2.39. The van der Waals surface area contributed by atoms with E-state index in [4.69, 9.17) is 0 Å². The molecule has 0 radical (unpaired) electrons. The molecule has 0 aromatic rings. The van der Waals surface area contributed by atoms with Gasteiger partial charge < -0.3 is 15.5 Å². The van der Waals surface area contributed by atoms with Crippen LogP contribution in [0.1, 0.15) is 33.1 Å². The number of nitrogens with zero attached hydrogens (tertiary/aromatic N) is 2. The number of halogens is 1. The third-order valence-electron chi connectivity index (χ3n) is 3.13. The van der Waals surface area contributed by atoms with Gasteiger partial charge in [-0.25, -0.2) is 0 Å². The van der Waals surface area contributed by atoms with Crippen LogP contribution in [0.25, 0.3) is 0 Å². The molecule has 0 aliphatic heterocycles. The zero-order valence-electron chi connectivity index (χ0n) is 13.6. The summed E-state index contributed by atoms with van der Waals surface area (Å²) in [6, 6.07) is 0. The number of rotatable bonds is 11. The summed E-state index contributed by atoms with van der Waals surface area (Å²) in [6.45, 7) is 9.86. The van der Waals surface area contributed by atoms with E-state index in [0.29, 0.717) is 0 Å². The first-order chi connectivity index (χ1) is 9.28. The highest BCUT2D eigenvalue weighted by Gasteiger charge is 1.99. The molecular weight excluding hydrogens is 383 g/mol. The average molecular weight is 416 g/mol. The average Bonchev–Trinajstić information content (AvgIpc) is 2.45. The zero-order chi connectivity index (χ0) is 14.3. The SMILES string of the molecule is CCN(CC)CCCNC(=NC)NCCCCSC.I. The molecule has 0 atom stereocenters. The van der Waals surface area contributed by atoms with Crippen molar-refractivity contribution in [3.63, 3.8) is 0 Å². The Bertz CT molecular complexity index is 223. The van der Waals surface area contributed by atoms with E-state index in [9.17, 15) is 0 Å². The molecule has 0 heterocycles. The minimum Gasteiger partial charge on any atom is -0.356 e. The van der Waals surface area contributed by atoms with Crippen LogP contribution in [-0.4, -0.2) is 62.6 Å². The Labute approximate surface area is 147 Å². The highest BCUT2D eigenvalue weighted by atomic mass is 127. The fourth-order valence-electron chi connectivity index (χ4n) is 1.85. The van der Waals surface area contributed by atoms with Crippen molar-refractivity contribution in [2.75, 3.05) is 51.8 Å². The largest absolute Gasteiger partial charge is 0.356 e. The summed E-state index contributed by atoms with van der Waals surface area (Å²) in [5.74, 6) is 2.18. The molecule has 0 fully saturated rings. The second-order valence-electron chi connectivity index (χ2n) is 4.51. The smallest absolute Gasteiger partial charge is 0.190 e. The van der Waals surface area contributed by atoms with Crippen molar-refractivity contribution < 1.29 is 0 Å². The standard InChI is InChI=1S/C14H32N4S.HI/c1-5-18(6-2)12-9-11-17-14(15-3)16-10-7-8-13-19-4;/h5-13H2,1-4H3,(H2,15,16,17);1H. The third kappa shape index (κ3) is 13.3. The lowest BCUT2D eigenvalue weighted by molar-refractivity contribution is 0.300. The van der Waals surface area contributed by atoms with Crippen molar-refractivity contribution in [3.05, 3.63) is 0 Å². The molecule has 0 spiro atoms. The van der Waals surface area contributed by atoms with E-state index >= 15 is 0 Å². The molecule has 0 aliphatic carbocycles. The number of hydrogen-bond acceptors (Lipinski definition) is 3. The first kappa shape index (κ1) is 22.6. The van der Waals surface area contributed by atoms with Gasteiger partial charge in [0, 0.05) is 20.1 Å². The van der Waals surface area contributed by atoms with Crippen molar-refractivity contribution in [2.24, 2.45) is 4.99 Å². The second kappa shape index (κ2) is 17.4. The van der Waals surface area contributed by atoms with Gasteiger partial charge in [-0.1, -0.05) is 13.8 Å². The summed E-state index contributed by atoms with van der Waals surface area (Å²) < 4.78 is 0. The van der Waals surface area contributed by atoms with Crippen molar-refractivity contribution in [3.8, 4) is 0 Å². The summed E-state index contributed by atoms with van der Waals surface area (Å²) in [5.41, 5.74) is 0. The molecule has 0 rings (SSSR count). The van der Waals surface area contributed by atoms with Crippen LogP contribution in [-0.2, 0) is 0 Å². The maximum atomic E-state index is 4.24. The minimum atomic E-state index is 0. The molecule has 0 amide bonds. The van der Waals surface area contributed by atoms with E-state index in [1.54, 1.807) is 0 Å². The maximum Gasteiger partial charge on any atom is 0.190 e. The molecule has 0 aliphatic rings. The molecule has 0 saturated heterocycles. The van der Waals surface area contributed by atoms with Crippen LogP contribution in [0.15, 0.2) is 4.99 Å². The predicted octanol–water partition coefficient (Wildman–Crippen LogP) is 2.64. The topological polar surface area (TPSA) is 39.7 Å². The van der Waals surface area contributed by atoms with Gasteiger partial charge in [-0.3, -0.25) is 4.99 Å². The number of unbranched alkanes of at least 4 members (excludes halogenated alkanes) is 1. The maximum absolute atomic E-state index is 4.24. The number of nitrogens with one attached hydrogen (secondary N) is 2. The molecule has 2 N–H and O–H groups in total. The van der Waals surface area contributed by atoms with Gasteiger partial charge in [0.2, 0.25) is 0 Å². The summed E-state index contributed by atoms with van der Waals surface area (Å²) >= 11 is 1.91. The summed E-state index contributed by atoms with van der Waals surface area (Å²) in [6.07, 6.45) is 5.80. The van der Waals surface area contributed by atoms with Crippen molar-refractivity contribution in [1.82, 2.24) is 15.5 Å². The molecule has 0 aromatic heterocycles. The molecule has 0 unspecified atom stereocenters. The Hall–Kier alpha value is 0.310. The Balaban J connectivity index is 0. The first-order valence-electron chi connectivity index (χ1n) is 7.44. The molecule has 20 heavy (non-hydrogen) atoms. The van der Waals surface area contributed by atoms with E-state index in [2.05, 4.69) is 40.6 Å². The highest BCUT2D eigenvalue weighted by molar-refractivity contribution is 14.0. The van der Waals surface area contributed by atoms with E-state index in [-0.39, 0.29) is 24.0 Å². The fraction of sp³-hybridized carbons (Fsp3) is 0.929. The first-order valence-corrected chi connectivity index (χ1v) is 8.83. The van der Waals surface area contributed by atoms with E-state index in [1.165, 1.54) is 18.6 Å². The Kier molecular flexibility index (Phi) is 19.6. The van der Waals surface area contributed by atoms with Gasteiger partial charge >= 0.3 is 0 Å². The third-order valence-corrected chi connectivity index (χ3v) is 3.83. The lowest BCUT2D eigenvalue weighted by Gasteiger charge is -2.18. The number of aliphatic imine (C=N–C) groups is 1. The van der Waals surface area contributed by atoms with Gasteiger partial charge in [0.15, 0.2) is 5.96 Å². The quantitative estimate of drug-likeness (QED) is 0.235. The molecule has 0 aromatic carbocycles. The molecule has 0 bridgehead atoms. The molecule has 4 nitrogen and oxygen atoms in total. The molecule has 122 valence electrons. The highest BCUT2D eigenvalue weighted by Crippen LogP contribution is 1.97. The van der Waals surface area contributed by atoms with Crippen LogP contribution >= 0.6 is 35.7 Å². The Morgan fingerprint density at radius 3 is 2.15 bits per heavy atom. The normalized spacial score (nSPS) is 11.3. The van der Waals surface area contributed by atoms with Crippen molar-refractivity contribution >= 4 is 41.7 Å². The summed E-state index contributed by atoms with van der Waals surface area (Å²) in [5, 5.41) is 6.73. The number of guanidine groups is 1. The van der Waals surface area contributed by atoms with Crippen molar-refractivity contribution in [1.29, 1.82) is 0 Å². The number of hydrogen-bond donors (Lipinski definition) is 2. The van der Waals surface area contributed by atoms with Crippen LogP contribution in [0.5, 0.6) is 0 Å². The Morgan fingerprint density at radius 1 is 1.05 bits per heavy atom. The van der Waals surface area contributed by atoms with E-state index in [0.717, 1.165) is 45.1 Å².